The fourth-order valence-electron chi connectivity index (χ4n) is 4.70. The summed E-state index contributed by atoms with van der Waals surface area (Å²) in [6, 6.07) is 11.8. The topological polar surface area (TPSA) is 95.4 Å². The van der Waals surface area contributed by atoms with Crippen molar-refractivity contribution >= 4 is 34.3 Å². The largest absolute Gasteiger partial charge is 0.365 e. The first-order chi connectivity index (χ1) is 16.5. The van der Waals surface area contributed by atoms with Crippen LogP contribution in [0.15, 0.2) is 47.4 Å². The molecule has 0 bridgehead atoms. The lowest BCUT2D eigenvalue weighted by atomic mass is 9.99. The van der Waals surface area contributed by atoms with Crippen LogP contribution in [0.2, 0.25) is 0 Å². The maximum Gasteiger partial charge on any atom is 0.252 e. The minimum absolute atomic E-state index is 0.0345. The molecular weight excluding hydrogens is 430 g/mol. The predicted octanol–water partition coefficient (Wildman–Crippen LogP) is 2.20. The van der Waals surface area contributed by atoms with E-state index in [1.165, 1.54) is 0 Å². The number of benzene rings is 1. The Morgan fingerprint density at radius 3 is 2.62 bits per heavy atom. The quantitative estimate of drug-likeness (QED) is 0.581. The molecule has 2 saturated heterocycles. The van der Waals surface area contributed by atoms with E-state index in [0.717, 1.165) is 55.9 Å². The van der Waals surface area contributed by atoms with Gasteiger partial charge in [0.2, 0.25) is 11.9 Å². The van der Waals surface area contributed by atoms with Gasteiger partial charge in [-0.25, -0.2) is 4.98 Å². The zero-order valence-electron chi connectivity index (χ0n) is 19.7. The van der Waals surface area contributed by atoms with Crippen LogP contribution in [0.25, 0.3) is 11.0 Å². The van der Waals surface area contributed by atoms with Gasteiger partial charge in [-0.05, 0) is 62.7 Å². The Kier molecular flexibility index (Phi) is 6.19. The lowest BCUT2D eigenvalue weighted by Gasteiger charge is -2.41. The van der Waals surface area contributed by atoms with Gasteiger partial charge in [0.25, 0.3) is 5.56 Å². The molecule has 2 N–H and O–H groups in total. The van der Waals surface area contributed by atoms with Crippen LogP contribution in [-0.4, -0.2) is 64.1 Å². The fourth-order valence-corrected chi connectivity index (χ4v) is 4.70. The second kappa shape index (κ2) is 9.42. The summed E-state index contributed by atoms with van der Waals surface area (Å²) >= 11 is 0. The molecule has 2 aliphatic heterocycles. The number of aryl methyl sites for hydroxylation is 1. The molecule has 34 heavy (non-hydrogen) atoms. The van der Waals surface area contributed by atoms with E-state index in [0.29, 0.717) is 24.1 Å². The molecule has 3 aromatic rings. The highest BCUT2D eigenvalue weighted by atomic mass is 16.2. The van der Waals surface area contributed by atoms with Gasteiger partial charge in [0, 0.05) is 68.2 Å². The summed E-state index contributed by atoms with van der Waals surface area (Å²) in [5.41, 5.74) is 2.63. The molecule has 4 heterocycles. The minimum Gasteiger partial charge on any atom is -0.365 e. The number of nitrogens with zero attached hydrogens (tertiary/aromatic N) is 5. The number of nitrogens with one attached hydrogen (secondary N) is 2. The van der Waals surface area contributed by atoms with E-state index in [2.05, 4.69) is 44.6 Å². The van der Waals surface area contributed by atoms with E-state index < -0.39 is 0 Å². The van der Waals surface area contributed by atoms with E-state index in [1.807, 2.05) is 17.0 Å². The number of carbonyl (C=O) groups excluding carboxylic acids is 1. The molecule has 2 fully saturated rings. The van der Waals surface area contributed by atoms with Gasteiger partial charge in [-0.15, -0.1) is 0 Å². The van der Waals surface area contributed by atoms with Crippen LogP contribution in [-0.2, 0) is 11.3 Å². The van der Waals surface area contributed by atoms with Crippen LogP contribution in [0.5, 0.6) is 0 Å². The normalized spacial score (nSPS) is 18.7. The van der Waals surface area contributed by atoms with Gasteiger partial charge in [0.1, 0.15) is 5.65 Å². The standard InChI is InChI=1S/C25H31N7O2/c1-17-16-30(18(2)33)11-12-31(17)22-6-4-21(5-7-22)28-25-27-15-20-3-8-23(34)32(24(20)29-25)10-9-19-13-26-14-19/h3-8,15,17,19,26H,9-14,16H2,1-2H3,(H,27,28,29)/t17-/m1/s1. The maximum absolute atomic E-state index is 12.5. The molecule has 2 aromatic heterocycles. The summed E-state index contributed by atoms with van der Waals surface area (Å²) in [5, 5.41) is 7.40. The van der Waals surface area contributed by atoms with Gasteiger partial charge in [0.05, 0.1) is 0 Å². The van der Waals surface area contributed by atoms with Crippen molar-refractivity contribution in [3.8, 4) is 0 Å². The summed E-state index contributed by atoms with van der Waals surface area (Å²) in [4.78, 5) is 37.6. The van der Waals surface area contributed by atoms with Gasteiger partial charge >= 0.3 is 0 Å². The second-order valence-electron chi connectivity index (χ2n) is 9.29. The fraction of sp³-hybridized carbons (Fsp3) is 0.440. The van der Waals surface area contributed by atoms with Crippen molar-refractivity contribution in [1.29, 1.82) is 0 Å². The SMILES string of the molecule is CC(=O)N1CCN(c2ccc(Nc3ncc4ccc(=O)n(CCC5CNC5)c4n3)cc2)[C@H](C)C1. The highest BCUT2D eigenvalue weighted by Crippen LogP contribution is 2.24. The van der Waals surface area contributed by atoms with Crippen LogP contribution < -0.4 is 21.1 Å². The third-order valence-corrected chi connectivity index (χ3v) is 6.88. The third kappa shape index (κ3) is 4.61. The molecule has 9 heteroatoms. The van der Waals surface area contributed by atoms with Crippen LogP contribution in [0.3, 0.4) is 0 Å². The zero-order chi connectivity index (χ0) is 23.7. The van der Waals surface area contributed by atoms with Gasteiger partial charge in [-0.1, -0.05) is 0 Å². The molecule has 5 rings (SSSR count). The first-order valence-electron chi connectivity index (χ1n) is 11.9. The highest BCUT2D eigenvalue weighted by molar-refractivity contribution is 5.76. The Hall–Kier alpha value is -3.46. The first kappa shape index (κ1) is 22.3. The lowest BCUT2D eigenvalue weighted by molar-refractivity contribution is -0.129. The molecule has 0 radical (unpaired) electrons. The lowest BCUT2D eigenvalue weighted by Crippen LogP contribution is -2.53. The highest BCUT2D eigenvalue weighted by Gasteiger charge is 2.25. The van der Waals surface area contributed by atoms with Crippen molar-refractivity contribution in [2.75, 3.05) is 42.9 Å². The number of piperazine rings is 1. The molecule has 0 aliphatic carbocycles. The number of aromatic nitrogens is 3. The Labute approximate surface area is 198 Å². The molecule has 0 unspecified atom stereocenters. The summed E-state index contributed by atoms with van der Waals surface area (Å²) in [6.45, 7) is 8.75. The Morgan fingerprint density at radius 1 is 1.15 bits per heavy atom. The smallest absolute Gasteiger partial charge is 0.252 e. The second-order valence-corrected chi connectivity index (χ2v) is 9.29. The van der Waals surface area contributed by atoms with Crippen LogP contribution in [0, 0.1) is 5.92 Å². The van der Waals surface area contributed by atoms with Crippen molar-refractivity contribution in [2.45, 2.75) is 32.9 Å². The van der Waals surface area contributed by atoms with Crippen LogP contribution >= 0.6 is 0 Å². The molecule has 2 aliphatic rings. The van der Waals surface area contributed by atoms with E-state index in [-0.39, 0.29) is 17.5 Å². The van der Waals surface area contributed by atoms with Gasteiger partial charge in [0.15, 0.2) is 0 Å². The molecule has 9 nitrogen and oxygen atoms in total. The van der Waals surface area contributed by atoms with Crippen molar-refractivity contribution in [2.24, 2.45) is 5.92 Å². The minimum atomic E-state index is -0.0345. The van der Waals surface area contributed by atoms with Crippen molar-refractivity contribution in [3.05, 3.63) is 52.9 Å². The predicted molar refractivity (Wildman–Crippen MR) is 134 cm³/mol. The van der Waals surface area contributed by atoms with Crippen molar-refractivity contribution < 1.29 is 4.79 Å². The van der Waals surface area contributed by atoms with Crippen LogP contribution in [0.4, 0.5) is 17.3 Å². The summed E-state index contributed by atoms with van der Waals surface area (Å²) < 4.78 is 1.76. The maximum atomic E-state index is 12.5. The van der Waals surface area contributed by atoms with Crippen molar-refractivity contribution in [3.63, 3.8) is 0 Å². The number of pyridine rings is 1. The Morgan fingerprint density at radius 2 is 1.94 bits per heavy atom. The average molecular weight is 462 g/mol. The Bertz CT molecular complexity index is 1240. The van der Waals surface area contributed by atoms with Gasteiger partial charge < -0.3 is 20.4 Å². The van der Waals surface area contributed by atoms with E-state index in [4.69, 9.17) is 0 Å². The first-order valence-corrected chi connectivity index (χ1v) is 11.9. The number of anilines is 3. The van der Waals surface area contributed by atoms with Crippen molar-refractivity contribution in [1.82, 2.24) is 24.8 Å². The summed E-state index contributed by atoms with van der Waals surface area (Å²) in [5.74, 6) is 1.22. The summed E-state index contributed by atoms with van der Waals surface area (Å²) in [7, 11) is 0. The average Bonchev–Trinajstić information content (AvgIpc) is 2.80. The van der Waals surface area contributed by atoms with Crippen LogP contribution in [0.1, 0.15) is 20.3 Å². The Balaban J connectivity index is 1.31. The monoisotopic (exact) mass is 461 g/mol. The van der Waals surface area contributed by atoms with E-state index in [1.54, 1.807) is 29.8 Å². The zero-order valence-corrected chi connectivity index (χ0v) is 19.7. The molecular formula is C25H31N7O2. The summed E-state index contributed by atoms with van der Waals surface area (Å²) in [6.07, 6.45) is 2.72. The number of hydrogen-bond donors (Lipinski definition) is 2. The number of fused-ring (bicyclic) bond motifs is 1. The van der Waals surface area contributed by atoms with Gasteiger partial charge in [-0.2, -0.15) is 4.98 Å². The van der Waals surface area contributed by atoms with E-state index >= 15 is 0 Å². The molecule has 1 aromatic carbocycles. The molecule has 1 amide bonds. The number of rotatable bonds is 6. The molecule has 0 saturated carbocycles. The third-order valence-electron chi connectivity index (χ3n) is 6.88. The number of carbonyl (C=O) groups is 1. The molecule has 178 valence electrons. The van der Waals surface area contributed by atoms with Gasteiger partial charge in [-0.3, -0.25) is 14.2 Å². The molecule has 0 spiro atoms. The van der Waals surface area contributed by atoms with E-state index in [9.17, 15) is 9.59 Å². The number of amides is 1. The number of hydrogen-bond acceptors (Lipinski definition) is 7. The molecule has 1 atom stereocenters.